The maximum atomic E-state index is 9.05. The van der Waals surface area contributed by atoms with Gasteiger partial charge in [-0.25, -0.2) is 9.97 Å². The van der Waals surface area contributed by atoms with Crippen LogP contribution in [-0.2, 0) is 0 Å². The molecule has 0 aliphatic carbocycles. The summed E-state index contributed by atoms with van der Waals surface area (Å²) in [5.74, 6) is 0.630. The molecule has 0 spiro atoms. The number of para-hydroxylation sites is 1. The molecule has 4 nitrogen and oxygen atoms in total. The van der Waals surface area contributed by atoms with Gasteiger partial charge in [-0.1, -0.05) is 18.2 Å². The maximum Gasteiger partial charge on any atom is 0.234 e. The summed E-state index contributed by atoms with van der Waals surface area (Å²) in [6.07, 6.45) is 3.46. The number of benzene rings is 1. The van der Waals surface area contributed by atoms with Gasteiger partial charge >= 0.3 is 0 Å². The molecule has 5 heteroatoms. The van der Waals surface area contributed by atoms with Crippen molar-refractivity contribution in [2.24, 2.45) is 0 Å². The fourth-order valence-corrected chi connectivity index (χ4v) is 3.30. The highest BCUT2D eigenvalue weighted by molar-refractivity contribution is 7.16. The number of fused-ring (bicyclic) bond motifs is 1. The molecule has 4 aromatic rings. The van der Waals surface area contributed by atoms with Crippen molar-refractivity contribution in [3.05, 3.63) is 65.8 Å². The van der Waals surface area contributed by atoms with Gasteiger partial charge in [0.15, 0.2) is 0 Å². The van der Waals surface area contributed by atoms with E-state index in [9.17, 15) is 0 Å². The van der Waals surface area contributed by atoms with Crippen LogP contribution < -0.4 is 0 Å². The summed E-state index contributed by atoms with van der Waals surface area (Å²) in [7, 11) is 0. The fraction of sp³-hybridized carbons (Fsp3) is 0. The Morgan fingerprint density at radius 1 is 1.00 bits per heavy atom. The monoisotopic (exact) mass is 302 g/mol. The normalized spacial score (nSPS) is 10.7. The standard InChI is InChI=1S/C17H10N4S/c18-11-13-6-7-16(22-13)15-10-12-4-1-2-5-14(12)21(15)17-19-8-3-9-20-17/h1-10H. The Morgan fingerprint density at radius 2 is 1.82 bits per heavy atom. The molecule has 0 radical (unpaired) electrons. The summed E-state index contributed by atoms with van der Waals surface area (Å²) in [6.45, 7) is 0. The van der Waals surface area contributed by atoms with E-state index in [0.717, 1.165) is 21.5 Å². The third-order valence-corrected chi connectivity index (χ3v) is 4.44. The van der Waals surface area contributed by atoms with Crippen LogP contribution in [0.15, 0.2) is 60.9 Å². The predicted molar refractivity (Wildman–Crippen MR) is 86.9 cm³/mol. The minimum atomic E-state index is 0.630. The van der Waals surface area contributed by atoms with E-state index in [1.165, 1.54) is 11.3 Å². The van der Waals surface area contributed by atoms with Crippen molar-refractivity contribution < 1.29 is 0 Å². The molecule has 3 aromatic heterocycles. The first-order chi connectivity index (χ1) is 10.9. The largest absolute Gasteiger partial charge is 0.277 e. The van der Waals surface area contributed by atoms with Crippen LogP contribution in [0.25, 0.3) is 27.4 Å². The zero-order chi connectivity index (χ0) is 14.9. The number of nitrogens with zero attached hydrogens (tertiary/aromatic N) is 4. The quantitative estimate of drug-likeness (QED) is 0.562. The van der Waals surface area contributed by atoms with E-state index < -0.39 is 0 Å². The first kappa shape index (κ1) is 12.7. The Morgan fingerprint density at radius 3 is 2.59 bits per heavy atom. The van der Waals surface area contributed by atoms with Crippen molar-refractivity contribution in [2.75, 3.05) is 0 Å². The Labute approximate surface area is 130 Å². The van der Waals surface area contributed by atoms with Gasteiger partial charge in [-0.2, -0.15) is 5.26 Å². The van der Waals surface area contributed by atoms with Crippen LogP contribution in [0, 0.1) is 11.3 Å². The summed E-state index contributed by atoms with van der Waals surface area (Å²) in [6, 6.07) is 18.0. The molecule has 22 heavy (non-hydrogen) atoms. The van der Waals surface area contributed by atoms with Crippen molar-refractivity contribution in [2.45, 2.75) is 0 Å². The number of rotatable bonds is 2. The molecule has 0 aliphatic rings. The summed E-state index contributed by atoms with van der Waals surface area (Å²) in [5, 5.41) is 10.2. The second kappa shape index (κ2) is 5.10. The average molecular weight is 302 g/mol. The molecule has 0 N–H and O–H groups in total. The predicted octanol–water partition coefficient (Wildman–Crippen LogP) is 4.02. The van der Waals surface area contributed by atoms with Gasteiger partial charge in [0.1, 0.15) is 10.9 Å². The Kier molecular flexibility index (Phi) is 2.95. The molecule has 0 aliphatic heterocycles. The van der Waals surface area contributed by atoms with Crippen molar-refractivity contribution in [1.82, 2.24) is 14.5 Å². The lowest BCUT2D eigenvalue weighted by atomic mass is 10.2. The van der Waals surface area contributed by atoms with Gasteiger partial charge in [0.05, 0.1) is 16.1 Å². The first-order valence-electron chi connectivity index (χ1n) is 6.75. The molecule has 104 valence electrons. The van der Waals surface area contributed by atoms with Gasteiger partial charge in [-0.05, 0) is 30.3 Å². The minimum absolute atomic E-state index is 0.630. The first-order valence-corrected chi connectivity index (χ1v) is 7.56. The number of hydrogen-bond donors (Lipinski definition) is 0. The molecule has 0 saturated heterocycles. The van der Waals surface area contributed by atoms with Crippen LogP contribution in [0.1, 0.15) is 4.88 Å². The van der Waals surface area contributed by atoms with Crippen LogP contribution in [0.5, 0.6) is 0 Å². The molecule has 0 unspecified atom stereocenters. The topological polar surface area (TPSA) is 54.5 Å². The molecule has 1 aromatic carbocycles. The van der Waals surface area contributed by atoms with Gasteiger partial charge in [0.25, 0.3) is 0 Å². The third-order valence-electron chi connectivity index (χ3n) is 3.43. The van der Waals surface area contributed by atoms with E-state index in [1.807, 2.05) is 34.9 Å². The minimum Gasteiger partial charge on any atom is -0.277 e. The van der Waals surface area contributed by atoms with Crippen molar-refractivity contribution in [3.63, 3.8) is 0 Å². The Bertz CT molecular complexity index is 992. The van der Waals surface area contributed by atoms with Gasteiger partial charge in [0, 0.05) is 17.8 Å². The lowest BCUT2D eigenvalue weighted by Crippen LogP contribution is -2.01. The van der Waals surface area contributed by atoms with Gasteiger partial charge < -0.3 is 0 Å². The summed E-state index contributed by atoms with van der Waals surface area (Å²) < 4.78 is 2.03. The second-order valence-corrected chi connectivity index (χ2v) is 5.83. The maximum absolute atomic E-state index is 9.05. The number of nitriles is 1. The molecule has 0 amide bonds. The third kappa shape index (κ3) is 1.98. The van der Waals surface area contributed by atoms with E-state index in [4.69, 9.17) is 5.26 Å². The fourth-order valence-electron chi connectivity index (χ4n) is 2.49. The lowest BCUT2D eigenvalue weighted by molar-refractivity contribution is 0.969. The van der Waals surface area contributed by atoms with Crippen LogP contribution in [-0.4, -0.2) is 14.5 Å². The molecule has 4 rings (SSSR count). The Hall–Kier alpha value is -2.97. The summed E-state index contributed by atoms with van der Waals surface area (Å²) in [4.78, 5) is 10.5. The lowest BCUT2D eigenvalue weighted by Gasteiger charge is -2.07. The highest BCUT2D eigenvalue weighted by Crippen LogP contribution is 2.34. The second-order valence-electron chi connectivity index (χ2n) is 4.75. The van der Waals surface area contributed by atoms with Crippen LogP contribution in [0.2, 0.25) is 0 Å². The van der Waals surface area contributed by atoms with Crippen LogP contribution >= 0.6 is 11.3 Å². The van der Waals surface area contributed by atoms with E-state index in [2.05, 4.69) is 28.2 Å². The highest BCUT2D eigenvalue weighted by atomic mass is 32.1. The average Bonchev–Trinajstić information content (AvgIpc) is 3.19. The smallest absolute Gasteiger partial charge is 0.234 e. The SMILES string of the molecule is N#Cc1ccc(-c2cc3ccccc3n2-c2ncccn2)s1. The van der Waals surface area contributed by atoms with E-state index in [0.29, 0.717) is 10.8 Å². The van der Waals surface area contributed by atoms with Gasteiger partial charge in [0.2, 0.25) is 5.95 Å². The summed E-state index contributed by atoms with van der Waals surface area (Å²) >= 11 is 1.47. The molecule has 0 bridgehead atoms. The zero-order valence-corrected chi connectivity index (χ0v) is 12.3. The van der Waals surface area contributed by atoms with E-state index in [-0.39, 0.29) is 0 Å². The molecule has 0 atom stereocenters. The summed E-state index contributed by atoms with van der Waals surface area (Å²) in [5.41, 5.74) is 2.05. The van der Waals surface area contributed by atoms with E-state index >= 15 is 0 Å². The number of hydrogen-bond acceptors (Lipinski definition) is 4. The van der Waals surface area contributed by atoms with Gasteiger partial charge in [-0.15, -0.1) is 11.3 Å². The molecule has 0 fully saturated rings. The molecule has 0 saturated carbocycles. The van der Waals surface area contributed by atoms with Crippen LogP contribution in [0.3, 0.4) is 0 Å². The van der Waals surface area contributed by atoms with Crippen molar-refractivity contribution >= 4 is 22.2 Å². The molecule has 3 heterocycles. The highest BCUT2D eigenvalue weighted by Gasteiger charge is 2.15. The van der Waals surface area contributed by atoms with E-state index in [1.54, 1.807) is 18.5 Å². The molecular weight excluding hydrogens is 292 g/mol. The van der Waals surface area contributed by atoms with Crippen molar-refractivity contribution in [1.29, 1.82) is 5.26 Å². The van der Waals surface area contributed by atoms with Crippen molar-refractivity contribution in [3.8, 4) is 22.6 Å². The Balaban J connectivity index is 2.04. The number of aromatic nitrogens is 3. The van der Waals surface area contributed by atoms with Crippen LogP contribution in [0.4, 0.5) is 0 Å². The van der Waals surface area contributed by atoms with Gasteiger partial charge in [-0.3, -0.25) is 4.57 Å². The number of thiophene rings is 1. The zero-order valence-electron chi connectivity index (χ0n) is 11.5. The molecular formula is C17H10N4S.